The maximum Gasteiger partial charge on any atom is 0.165 e. The predicted molar refractivity (Wildman–Crippen MR) is 98.9 cm³/mol. The number of halogens is 1. The summed E-state index contributed by atoms with van der Waals surface area (Å²) in [6.07, 6.45) is 3.49. The molecule has 1 aromatic carbocycles. The van der Waals surface area contributed by atoms with Crippen molar-refractivity contribution in [1.29, 1.82) is 0 Å². The van der Waals surface area contributed by atoms with Crippen LogP contribution in [0.1, 0.15) is 12.5 Å². The highest BCUT2D eigenvalue weighted by atomic mass is 19.1. The number of benzene rings is 1. The summed E-state index contributed by atoms with van der Waals surface area (Å²) in [5.41, 5.74) is 1.82. The van der Waals surface area contributed by atoms with Gasteiger partial charge in [0.15, 0.2) is 11.6 Å². The molecular formula is C19H22FN5O. The first-order chi connectivity index (χ1) is 12.7. The maximum atomic E-state index is 13.9. The van der Waals surface area contributed by atoms with Crippen LogP contribution in [0.4, 0.5) is 10.2 Å². The Morgan fingerprint density at radius 1 is 1.27 bits per heavy atom. The zero-order chi connectivity index (χ0) is 18.1. The second-order valence-electron chi connectivity index (χ2n) is 6.67. The standard InChI is InChI=1S/C19H22FN5O/c1-13-10-25(19-15-5-6-21-18(15)22-12-23-19)8-7-24(13)11-14-3-4-17(26-2)16(20)9-14/h3-6,9,12-13H,7-8,10-11H2,1-2H3,(H,21,22,23). The Balaban J connectivity index is 1.47. The Hall–Kier alpha value is -2.67. The van der Waals surface area contributed by atoms with Crippen LogP contribution in [-0.4, -0.2) is 52.6 Å². The van der Waals surface area contributed by atoms with Gasteiger partial charge in [-0.3, -0.25) is 4.90 Å². The van der Waals surface area contributed by atoms with Gasteiger partial charge in [0.25, 0.3) is 0 Å². The smallest absolute Gasteiger partial charge is 0.165 e. The lowest BCUT2D eigenvalue weighted by atomic mass is 10.1. The third-order valence-corrected chi connectivity index (χ3v) is 5.00. The molecule has 0 spiro atoms. The molecule has 7 heteroatoms. The number of aromatic amines is 1. The number of hydrogen-bond acceptors (Lipinski definition) is 5. The van der Waals surface area contributed by atoms with E-state index < -0.39 is 0 Å². The zero-order valence-electron chi connectivity index (χ0n) is 14.9. The summed E-state index contributed by atoms with van der Waals surface area (Å²) >= 11 is 0. The molecule has 1 aliphatic heterocycles. The summed E-state index contributed by atoms with van der Waals surface area (Å²) in [6, 6.07) is 7.52. The average molecular weight is 355 g/mol. The van der Waals surface area contributed by atoms with Gasteiger partial charge in [-0.05, 0) is 30.7 Å². The molecule has 0 bridgehead atoms. The van der Waals surface area contributed by atoms with Crippen LogP contribution in [0.3, 0.4) is 0 Å². The molecule has 4 rings (SSSR count). The topological polar surface area (TPSA) is 57.3 Å². The van der Waals surface area contributed by atoms with Gasteiger partial charge in [0.2, 0.25) is 0 Å². The molecule has 136 valence electrons. The van der Waals surface area contributed by atoms with Crippen molar-refractivity contribution in [1.82, 2.24) is 19.9 Å². The largest absolute Gasteiger partial charge is 0.494 e. The van der Waals surface area contributed by atoms with Gasteiger partial charge in [0.05, 0.1) is 12.5 Å². The molecule has 1 unspecified atom stereocenters. The number of H-pyrrole nitrogens is 1. The predicted octanol–water partition coefficient (Wildman–Crippen LogP) is 2.82. The van der Waals surface area contributed by atoms with Crippen molar-refractivity contribution in [2.75, 3.05) is 31.6 Å². The highest BCUT2D eigenvalue weighted by Gasteiger charge is 2.26. The van der Waals surface area contributed by atoms with E-state index in [4.69, 9.17) is 4.74 Å². The van der Waals surface area contributed by atoms with Crippen molar-refractivity contribution in [2.45, 2.75) is 19.5 Å². The molecule has 0 radical (unpaired) electrons. The number of nitrogens with one attached hydrogen (secondary N) is 1. The maximum absolute atomic E-state index is 13.9. The molecule has 1 aliphatic rings. The van der Waals surface area contributed by atoms with Gasteiger partial charge >= 0.3 is 0 Å². The second kappa shape index (κ2) is 6.92. The second-order valence-corrected chi connectivity index (χ2v) is 6.67. The highest BCUT2D eigenvalue weighted by molar-refractivity contribution is 5.87. The molecular weight excluding hydrogens is 333 g/mol. The first-order valence-corrected chi connectivity index (χ1v) is 8.75. The molecule has 1 N–H and O–H groups in total. The lowest BCUT2D eigenvalue weighted by molar-refractivity contribution is 0.180. The lowest BCUT2D eigenvalue weighted by Gasteiger charge is -2.40. The SMILES string of the molecule is COc1ccc(CN2CCN(c3ncnc4[nH]ccc34)CC2C)cc1F. The van der Waals surface area contributed by atoms with Gasteiger partial charge in [-0.15, -0.1) is 0 Å². The third-order valence-electron chi connectivity index (χ3n) is 5.00. The minimum Gasteiger partial charge on any atom is -0.494 e. The van der Waals surface area contributed by atoms with Gasteiger partial charge in [-0.25, -0.2) is 14.4 Å². The summed E-state index contributed by atoms with van der Waals surface area (Å²) in [5.74, 6) is 0.941. The highest BCUT2D eigenvalue weighted by Crippen LogP contribution is 2.25. The Morgan fingerprint density at radius 2 is 2.15 bits per heavy atom. The molecule has 1 saturated heterocycles. The number of rotatable bonds is 4. The quantitative estimate of drug-likeness (QED) is 0.780. The lowest BCUT2D eigenvalue weighted by Crippen LogP contribution is -2.51. The van der Waals surface area contributed by atoms with E-state index in [1.54, 1.807) is 18.5 Å². The van der Waals surface area contributed by atoms with Crippen LogP contribution in [0.25, 0.3) is 11.0 Å². The van der Waals surface area contributed by atoms with Crippen LogP contribution >= 0.6 is 0 Å². The van der Waals surface area contributed by atoms with Crippen LogP contribution in [0.2, 0.25) is 0 Å². The fourth-order valence-electron chi connectivity index (χ4n) is 3.58. The molecule has 1 fully saturated rings. The normalized spacial score (nSPS) is 18.4. The first kappa shape index (κ1) is 16.8. The average Bonchev–Trinajstić information content (AvgIpc) is 3.12. The number of anilines is 1. The number of hydrogen-bond donors (Lipinski definition) is 1. The Kier molecular flexibility index (Phi) is 4.46. The van der Waals surface area contributed by atoms with E-state index >= 15 is 0 Å². The number of nitrogens with zero attached hydrogens (tertiary/aromatic N) is 4. The van der Waals surface area contributed by atoms with Gasteiger partial charge in [0.1, 0.15) is 17.8 Å². The number of ether oxygens (including phenoxy) is 1. The monoisotopic (exact) mass is 355 g/mol. The molecule has 0 aliphatic carbocycles. The zero-order valence-corrected chi connectivity index (χ0v) is 14.9. The van der Waals surface area contributed by atoms with Crippen molar-refractivity contribution < 1.29 is 9.13 Å². The minimum atomic E-state index is -0.313. The molecule has 3 aromatic rings. The van der Waals surface area contributed by atoms with Gasteiger partial charge in [0, 0.05) is 38.4 Å². The van der Waals surface area contributed by atoms with Crippen LogP contribution < -0.4 is 9.64 Å². The molecule has 6 nitrogen and oxygen atoms in total. The van der Waals surface area contributed by atoms with Crippen molar-refractivity contribution in [3.63, 3.8) is 0 Å². The molecule has 1 atom stereocenters. The summed E-state index contributed by atoms with van der Waals surface area (Å²) in [5, 5.41) is 1.05. The third kappa shape index (κ3) is 3.10. The van der Waals surface area contributed by atoms with E-state index in [0.29, 0.717) is 6.04 Å². The van der Waals surface area contributed by atoms with Crippen LogP contribution in [0, 0.1) is 5.82 Å². The van der Waals surface area contributed by atoms with E-state index in [1.165, 1.54) is 7.11 Å². The molecule has 3 heterocycles. The first-order valence-electron chi connectivity index (χ1n) is 8.75. The Morgan fingerprint density at radius 3 is 2.92 bits per heavy atom. The van der Waals surface area contributed by atoms with Crippen LogP contribution in [-0.2, 0) is 6.54 Å². The summed E-state index contributed by atoms with van der Waals surface area (Å²) in [7, 11) is 1.48. The molecule has 0 amide bonds. The van der Waals surface area contributed by atoms with Crippen LogP contribution in [0.15, 0.2) is 36.8 Å². The van der Waals surface area contributed by atoms with Crippen LogP contribution in [0.5, 0.6) is 5.75 Å². The Bertz CT molecular complexity index is 912. The summed E-state index contributed by atoms with van der Waals surface area (Å²) in [4.78, 5) is 16.5. The fraction of sp³-hybridized carbons (Fsp3) is 0.368. The van der Waals surface area contributed by atoms with Gasteiger partial charge < -0.3 is 14.6 Å². The fourth-order valence-corrected chi connectivity index (χ4v) is 3.58. The molecule has 0 saturated carbocycles. The summed E-state index contributed by atoms with van der Waals surface area (Å²) < 4.78 is 18.9. The van der Waals surface area contributed by atoms with Gasteiger partial charge in [-0.1, -0.05) is 6.07 Å². The minimum absolute atomic E-state index is 0.283. The van der Waals surface area contributed by atoms with Gasteiger partial charge in [-0.2, -0.15) is 0 Å². The Labute approximate surface area is 151 Å². The number of piperazine rings is 1. The van der Waals surface area contributed by atoms with E-state index in [1.807, 2.05) is 18.3 Å². The van der Waals surface area contributed by atoms with Crippen molar-refractivity contribution in [2.24, 2.45) is 0 Å². The summed E-state index contributed by atoms with van der Waals surface area (Å²) in [6.45, 7) is 5.56. The number of methoxy groups -OCH3 is 1. The molecule has 26 heavy (non-hydrogen) atoms. The number of fused-ring (bicyclic) bond motifs is 1. The molecule has 2 aromatic heterocycles. The van der Waals surface area contributed by atoms with E-state index in [-0.39, 0.29) is 11.6 Å². The van der Waals surface area contributed by atoms with E-state index in [2.05, 4.69) is 31.7 Å². The van der Waals surface area contributed by atoms with E-state index in [9.17, 15) is 4.39 Å². The van der Waals surface area contributed by atoms with Crippen molar-refractivity contribution >= 4 is 16.9 Å². The number of aromatic nitrogens is 3. The van der Waals surface area contributed by atoms with Crippen molar-refractivity contribution in [3.8, 4) is 5.75 Å². The van der Waals surface area contributed by atoms with Crippen molar-refractivity contribution in [3.05, 3.63) is 48.2 Å². The van der Waals surface area contributed by atoms with E-state index in [0.717, 1.165) is 48.6 Å².